The van der Waals surface area contributed by atoms with Crippen molar-refractivity contribution in [2.45, 2.75) is 93.8 Å². The van der Waals surface area contributed by atoms with Gasteiger partial charge in [0, 0.05) is 4.90 Å². The van der Waals surface area contributed by atoms with Gasteiger partial charge in [-0.05, 0) is 72.6 Å². The van der Waals surface area contributed by atoms with E-state index in [9.17, 15) is 4.79 Å². The summed E-state index contributed by atoms with van der Waals surface area (Å²) in [6.45, 7) is 14.1. The smallest absolute Gasteiger partial charge is 0.338 e. The van der Waals surface area contributed by atoms with Crippen molar-refractivity contribution in [2.24, 2.45) is 0 Å². The molecule has 0 spiro atoms. The average Bonchev–Trinajstić information content (AvgIpc) is 3.11. The predicted octanol–water partition coefficient (Wildman–Crippen LogP) is 9.24. The molecule has 0 bridgehead atoms. The first kappa shape index (κ1) is 37.8. The molecule has 4 aromatic carbocycles. The van der Waals surface area contributed by atoms with Gasteiger partial charge in [-0.3, -0.25) is 0 Å². The minimum atomic E-state index is -2.41. The molecule has 0 saturated carbocycles. The van der Waals surface area contributed by atoms with E-state index in [1.165, 1.54) is 11.8 Å². The zero-order valence-corrected chi connectivity index (χ0v) is 32.0. The predicted molar refractivity (Wildman–Crippen MR) is 201 cm³/mol. The summed E-state index contributed by atoms with van der Waals surface area (Å²) >= 11 is 1.51. The van der Waals surface area contributed by atoms with Crippen LogP contribution in [0.4, 0.5) is 0 Å². The summed E-state index contributed by atoms with van der Waals surface area (Å²) in [6, 6.07) is 35.2. The van der Waals surface area contributed by atoms with Crippen molar-refractivity contribution < 1.29 is 32.9 Å². The first-order valence-corrected chi connectivity index (χ1v) is 20.9. The molecule has 0 N–H and O–H groups in total. The average molecular weight is 715 g/mol. The number of hydrogen-bond donors (Lipinski definition) is 0. The minimum Gasteiger partial charge on any atom is -0.497 e. The van der Waals surface area contributed by atoms with E-state index in [0.29, 0.717) is 18.8 Å². The van der Waals surface area contributed by atoms with Crippen LogP contribution in [0, 0.1) is 6.92 Å². The minimum absolute atomic E-state index is 0.102. The first-order chi connectivity index (χ1) is 23.9. The van der Waals surface area contributed by atoms with E-state index >= 15 is 0 Å². The van der Waals surface area contributed by atoms with Crippen LogP contribution < -0.4 is 4.74 Å². The van der Waals surface area contributed by atoms with Gasteiger partial charge in [-0.25, -0.2) is 4.79 Å². The van der Waals surface area contributed by atoms with Gasteiger partial charge in [0.15, 0.2) is 14.4 Å². The lowest BCUT2D eigenvalue weighted by Gasteiger charge is -2.49. The zero-order chi connectivity index (χ0) is 35.7. The highest BCUT2D eigenvalue weighted by Crippen LogP contribution is 2.43. The maximum Gasteiger partial charge on any atom is 0.338 e. The lowest BCUT2D eigenvalue weighted by Crippen LogP contribution is -2.63. The number of benzene rings is 4. The lowest BCUT2D eigenvalue weighted by molar-refractivity contribution is -0.223. The molecule has 5 atom stereocenters. The Hall–Kier alpha value is -3.44. The third-order valence-electron chi connectivity index (χ3n) is 9.35. The van der Waals surface area contributed by atoms with Crippen molar-refractivity contribution in [1.29, 1.82) is 0 Å². The van der Waals surface area contributed by atoms with Crippen LogP contribution >= 0.6 is 11.8 Å². The summed E-state index contributed by atoms with van der Waals surface area (Å²) in [5, 5.41) is -0.102. The lowest BCUT2D eigenvalue weighted by atomic mass is 9.99. The van der Waals surface area contributed by atoms with Crippen LogP contribution in [0.3, 0.4) is 0 Å². The molecular formula is C41H50O7SSi. The van der Waals surface area contributed by atoms with Crippen LogP contribution in [-0.4, -0.2) is 57.9 Å². The van der Waals surface area contributed by atoms with E-state index in [-0.39, 0.29) is 11.6 Å². The summed E-state index contributed by atoms with van der Waals surface area (Å²) in [7, 11) is -0.758. The number of carbonyl (C=O) groups is 1. The molecule has 0 amide bonds. The highest BCUT2D eigenvalue weighted by Gasteiger charge is 2.53. The molecule has 50 heavy (non-hydrogen) atoms. The van der Waals surface area contributed by atoms with Gasteiger partial charge in [-0.15, -0.1) is 0 Å². The van der Waals surface area contributed by atoms with E-state index in [4.69, 9.17) is 28.1 Å². The van der Waals surface area contributed by atoms with Crippen LogP contribution in [0.15, 0.2) is 114 Å². The quantitative estimate of drug-likeness (QED) is 0.0946. The number of rotatable bonds is 14. The molecule has 1 aliphatic heterocycles. The molecule has 0 radical (unpaired) electrons. The second kappa shape index (κ2) is 17.2. The largest absolute Gasteiger partial charge is 0.497 e. The maximum absolute atomic E-state index is 13.8. The Bertz CT molecular complexity index is 1630. The Morgan fingerprint density at radius 2 is 1.40 bits per heavy atom. The van der Waals surface area contributed by atoms with E-state index in [1.54, 1.807) is 19.2 Å². The summed E-state index contributed by atoms with van der Waals surface area (Å²) in [5.74, 6) is 0.347. The molecule has 1 heterocycles. The highest BCUT2D eigenvalue weighted by atomic mass is 32.2. The standard InChI is InChI=1S/C41H50O7SSi/c1-29-18-24-34(25-19-29)49-40-38(47-39(42)32-16-12-9-13-17-32)37(45-27-30-14-10-8-11-15-30)36(48-50(6,7)41(2,3)4)35(46-40)28-44-26-31-20-22-33(43-5)23-21-31/h8-25,35-38,40H,26-28H2,1-7H3/t35-,36-,37+,38-,40+/m1/s1. The molecule has 4 aromatic rings. The first-order valence-electron chi connectivity index (χ1n) is 17.1. The topological polar surface area (TPSA) is 72.5 Å². The molecule has 266 valence electrons. The molecule has 1 aliphatic rings. The summed E-state index contributed by atoms with van der Waals surface area (Å²) in [4.78, 5) is 14.8. The van der Waals surface area contributed by atoms with Crippen LogP contribution in [-0.2, 0) is 36.6 Å². The number of thioether (sulfide) groups is 1. The molecule has 5 rings (SSSR count). The van der Waals surface area contributed by atoms with E-state index in [2.05, 4.69) is 65.1 Å². The van der Waals surface area contributed by atoms with Crippen molar-refractivity contribution in [1.82, 2.24) is 0 Å². The molecule has 0 aliphatic carbocycles. The number of hydrogen-bond acceptors (Lipinski definition) is 8. The summed E-state index contributed by atoms with van der Waals surface area (Å²) < 4.78 is 39.2. The molecule has 0 aromatic heterocycles. The van der Waals surface area contributed by atoms with E-state index in [0.717, 1.165) is 27.3 Å². The monoisotopic (exact) mass is 714 g/mol. The summed E-state index contributed by atoms with van der Waals surface area (Å²) in [6.07, 6.45) is -2.56. The SMILES string of the molecule is COc1ccc(COC[C@H]2O[C@@H](Sc3ccc(C)cc3)[C@H](OC(=O)c3ccccc3)[C@@H](OCc3ccccc3)[C@@H]2O[Si](C)(C)C(C)(C)C)cc1. The van der Waals surface area contributed by atoms with Crippen LogP contribution in [0.25, 0.3) is 0 Å². The van der Waals surface area contributed by atoms with Crippen molar-refractivity contribution >= 4 is 26.0 Å². The number of carbonyl (C=O) groups excluding carboxylic acids is 1. The maximum atomic E-state index is 13.8. The summed E-state index contributed by atoms with van der Waals surface area (Å²) in [5.41, 5.74) is 3.02. The van der Waals surface area contributed by atoms with Gasteiger partial charge in [0.05, 0.1) is 32.5 Å². The molecule has 9 heteroatoms. The van der Waals surface area contributed by atoms with Crippen molar-refractivity contribution in [3.8, 4) is 5.75 Å². The molecule has 1 saturated heterocycles. The fourth-order valence-corrected chi connectivity index (χ4v) is 7.80. The van der Waals surface area contributed by atoms with Gasteiger partial charge < -0.3 is 28.1 Å². The van der Waals surface area contributed by atoms with Crippen LogP contribution in [0.1, 0.15) is 47.8 Å². The molecule has 1 fully saturated rings. The normalized spacial score (nSPS) is 21.1. The van der Waals surface area contributed by atoms with Crippen molar-refractivity contribution in [3.05, 3.63) is 131 Å². The molecule has 7 nitrogen and oxygen atoms in total. The third-order valence-corrected chi connectivity index (χ3v) is 15.0. The van der Waals surface area contributed by atoms with E-state index < -0.39 is 44.1 Å². The molecular weight excluding hydrogens is 665 g/mol. The zero-order valence-electron chi connectivity index (χ0n) is 30.2. The van der Waals surface area contributed by atoms with Gasteiger partial charge in [0.2, 0.25) is 0 Å². The highest BCUT2D eigenvalue weighted by molar-refractivity contribution is 7.99. The third kappa shape index (κ3) is 10.1. The number of esters is 1. The Labute approximate surface area is 302 Å². The Morgan fingerprint density at radius 3 is 2.02 bits per heavy atom. The number of methoxy groups -OCH3 is 1. The molecule has 0 unspecified atom stereocenters. The Balaban J connectivity index is 1.53. The van der Waals surface area contributed by atoms with Gasteiger partial charge in [-0.1, -0.05) is 111 Å². The Kier molecular flexibility index (Phi) is 13.0. The van der Waals surface area contributed by atoms with Gasteiger partial charge in [0.25, 0.3) is 0 Å². The second-order valence-electron chi connectivity index (χ2n) is 14.2. The fourth-order valence-electron chi connectivity index (χ4n) is 5.38. The second-order valence-corrected chi connectivity index (χ2v) is 20.1. The van der Waals surface area contributed by atoms with Gasteiger partial charge in [-0.2, -0.15) is 0 Å². The van der Waals surface area contributed by atoms with Crippen molar-refractivity contribution in [3.63, 3.8) is 0 Å². The number of aryl methyl sites for hydroxylation is 1. The number of ether oxygens (including phenoxy) is 5. The van der Waals surface area contributed by atoms with E-state index in [1.807, 2.05) is 72.8 Å². The Morgan fingerprint density at radius 1 is 0.780 bits per heavy atom. The van der Waals surface area contributed by atoms with Crippen LogP contribution in [0.5, 0.6) is 5.75 Å². The fraction of sp³-hybridized carbons (Fsp3) is 0.390. The van der Waals surface area contributed by atoms with Crippen molar-refractivity contribution in [2.75, 3.05) is 13.7 Å². The van der Waals surface area contributed by atoms with Gasteiger partial charge in [0.1, 0.15) is 29.5 Å². The van der Waals surface area contributed by atoms with Gasteiger partial charge >= 0.3 is 5.97 Å². The van der Waals surface area contributed by atoms with Crippen LogP contribution in [0.2, 0.25) is 18.1 Å².